The van der Waals surface area contributed by atoms with Crippen molar-refractivity contribution in [2.45, 2.75) is 11.8 Å². The van der Waals surface area contributed by atoms with Crippen LogP contribution >= 0.6 is 0 Å². The first-order chi connectivity index (χ1) is 9.76. The van der Waals surface area contributed by atoms with E-state index in [1.54, 1.807) is 0 Å². The Labute approximate surface area is 121 Å². The minimum absolute atomic E-state index is 0.0995. The second kappa shape index (κ2) is 7.01. The summed E-state index contributed by atoms with van der Waals surface area (Å²) in [4.78, 5) is 9.97. The Kier molecular flexibility index (Phi) is 5.63. The molecule has 1 aromatic rings. The Morgan fingerprint density at radius 1 is 1.57 bits per heavy atom. The Hall–Kier alpha value is -2.18. The maximum absolute atomic E-state index is 13.6. The normalized spacial score (nSPS) is 12.4. The lowest BCUT2D eigenvalue weighted by atomic mass is 10.2. The zero-order valence-corrected chi connectivity index (χ0v) is 11.9. The predicted octanol–water partition coefficient (Wildman–Crippen LogP) is 0.727. The molecule has 0 aliphatic heterocycles. The van der Waals surface area contributed by atoms with Crippen LogP contribution in [-0.2, 0) is 14.8 Å². The zero-order chi connectivity index (χ0) is 16.0. The second-order valence-electron chi connectivity index (χ2n) is 4.16. The van der Waals surface area contributed by atoms with Crippen molar-refractivity contribution in [3.63, 3.8) is 0 Å². The topological polar surface area (TPSA) is 116 Å². The van der Waals surface area contributed by atoms with E-state index in [9.17, 15) is 17.6 Å². The molecule has 1 rings (SSSR count). The summed E-state index contributed by atoms with van der Waals surface area (Å²) in [5.41, 5.74) is 0. The van der Waals surface area contributed by atoms with Gasteiger partial charge in [-0.25, -0.2) is 22.3 Å². The maximum Gasteiger partial charge on any atom is 0.341 e. The Morgan fingerprint density at radius 3 is 2.76 bits per heavy atom. The number of halogens is 1. The smallest absolute Gasteiger partial charge is 0.341 e. The molecular formula is C12H13FN2O5S. The van der Waals surface area contributed by atoms with E-state index >= 15 is 0 Å². The quantitative estimate of drug-likeness (QED) is 0.766. The molecule has 0 amide bonds. The second-order valence-corrected chi connectivity index (χ2v) is 5.92. The molecule has 0 aliphatic carbocycles. The van der Waals surface area contributed by atoms with Gasteiger partial charge in [-0.1, -0.05) is 0 Å². The first-order valence-electron chi connectivity index (χ1n) is 5.79. The van der Waals surface area contributed by atoms with Gasteiger partial charge in [0.05, 0.1) is 16.9 Å². The molecular weight excluding hydrogens is 303 g/mol. The number of carbonyl (C=O) groups is 1. The van der Waals surface area contributed by atoms with Crippen LogP contribution in [-0.4, -0.2) is 32.6 Å². The van der Waals surface area contributed by atoms with Crippen molar-refractivity contribution in [2.24, 2.45) is 5.92 Å². The maximum atomic E-state index is 13.6. The summed E-state index contributed by atoms with van der Waals surface area (Å²) in [6.45, 7) is 0.699. The highest BCUT2D eigenvalue weighted by Crippen LogP contribution is 2.21. The number of carboxylic acid groups (broad SMARTS) is 1. The number of nitrogens with one attached hydrogen (secondary N) is 1. The van der Waals surface area contributed by atoms with Gasteiger partial charge >= 0.3 is 5.97 Å². The number of hydrogen-bond acceptors (Lipinski definition) is 5. The van der Waals surface area contributed by atoms with Crippen molar-refractivity contribution >= 4 is 16.0 Å². The molecule has 0 aliphatic rings. The summed E-state index contributed by atoms with van der Waals surface area (Å²) >= 11 is 0. The zero-order valence-electron chi connectivity index (χ0n) is 11.0. The van der Waals surface area contributed by atoms with Gasteiger partial charge in [-0.05, 0) is 25.1 Å². The minimum atomic E-state index is -3.95. The molecule has 0 saturated heterocycles. The van der Waals surface area contributed by atoms with Gasteiger partial charge in [0.15, 0.2) is 18.2 Å². The highest BCUT2D eigenvalue weighted by Gasteiger charge is 2.18. The van der Waals surface area contributed by atoms with Crippen molar-refractivity contribution in [3.8, 4) is 11.8 Å². The molecule has 0 radical (unpaired) electrons. The van der Waals surface area contributed by atoms with Crippen LogP contribution in [0.2, 0.25) is 0 Å². The van der Waals surface area contributed by atoms with Gasteiger partial charge in [-0.2, -0.15) is 5.26 Å². The van der Waals surface area contributed by atoms with E-state index in [2.05, 4.69) is 9.46 Å². The Balaban J connectivity index is 2.87. The van der Waals surface area contributed by atoms with Crippen molar-refractivity contribution in [3.05, 3.63) is 24.0 Å². The van der Waals surface area contributed by atoms with Gasteiger partial charge in [0.2, 0.25) is 10.0 Å². The van der Waals surface area contributed by atoms with Gasteiger partial charge in [-0.15, -0.1) is 0 Å². The monoisotopic (exact) mass is 316 g/mol. The molecule has 0 heterocycles. The van der Waals surface area contributed by atoms with Crippen LogP contribution in [0.3, 0.4) is 0 Å². The average Bonchev–Trinajstić information content (AvgIpc) is 2.43. The number of nitriles is 1. The first kappa shape index (κ1) is 16.9. The van der Waals surface area contributed by atoms with Crippen molar-refractivity contribution in [2.75, 3.05) is 13.2 Å². The molecule has 7 nitrogen and oxygen atoms in total. The highest BCUT2D eigenvalue weighted by atomic mass is 32.2. The van der Waals surface area contributed by atoms with Crippen LogP contribution in [0.5, 0.6) is 5.75 Å². The summed E-state index contributed by atoms with van der Waals surface area (Å²) < 4.78 is 44.2. The standard InChI is InChI=1S/C12H13FN2O5S/c1-8(5-14)6-15-21(18,19)9-2-3-11(10(13)4-9)20-7-12(16)17/h2-4,8,15H,6-7H2,1H3,(H,16,17). The lowest BCUT2D eigenvalue weighted by Crippen LogP contribution is -2.28. The molecule has 1 atom stereocenters. The van der Waals surface area contributed by atoms with Crippen LogP contribution in [0.1, 0.15) is 6.92 Å². The fourth-order valence-corrected chi connectivity index (χ4v) is 2.41. The Morgan fingerprint density at radius 2 is 2.24 bits per heavy atom. The van der Waals surface area contributed by atoms with E-state index in [0.29, 0.717) is 0 Å². The summed E-state index contributed by atoms with van der Waals surface area (Å²) in [6.07, 6.45) is 0. The number of sulfonamides is 1. The highest BCUT2D eigenvalue weighted by molar-refractivity contribution is 7.89. The molecule has 0 fully saturated rings. The van der Waals surface area contributed by atoms with Crippen molar-refractivity contribution < 1.29 is 27.4 Å². The third-order valence-corrected chi connectivity index (χ3v) is 3.79. The number of aliphatic carboxylic acids is 1. The Bertz CT molecular complexity index is 669. The average molecular weight is 316 g/mol. The van der Waals surface area contributed by atoms with Gasteiger partial charge in [0.1, 0.15) is 0 Å². The number of rotatable bonds is 7. The third-order valence-electron chi connectivity index (χ3n) is 2.36. The van der Waals surface area contributed by atoms with Crippen LogP contribution in [0, 0.1) is 23.1 Å². The van der Waals surface area contributed by atoms with E-state index in [1.807, 2.05) is 6.07 Å². The molecule has 21 heavy (non-hydrogen) atoms. The summed E-state index contributed by atoms with van der Waals surface area (Å²) in [5, 5.41) is 17.0. The number of ether oxygens (including phenoxy) is 1. The number of nitrogens with zero attached hydrogens (tertiary/aromatic N) is 1. The van der Waals surface area contributed by atoms with E-state index in [4.69, 9.17) is 10.4 Å². The van der Waals surface area contributed by atoms with E-state index in [0.717, 1.165) is 18.2 Å². The molecule has 0 aromatic heterocycles. The third kappa shape index (κ3) is 5.02. The molecule has 114 valence electrons. The van der Waals surface area contributed by atoms with Crippen LogP contribution in [0.15, 0.2) is 23.1 Å². The summed E-state index contributed by atoms with van der Waals surface area (Å²) in [7, 11) is -3.95. The van der Waals surface area contributed by atoms with Crippen LogP contribution in [0.25, 0.3) is 0 Å². The molecule has 1 aromatic carbocycles. The van der Waals surface area contributed by atoms with Gasteiger partial charge in [0.25, 0.3) is 0 Å². The fraction of sp³-hybridized carbons (Fsp3) is 0.333. The molecule has 0 spiro atoms. The van der Waals surface area contributed by atoms with E-state index in [1.165, 1.54) is 6.92 Å². The SMILES string of the molecule is CC(C#N)CNS(=O)(=O)c1ccc(OCC(=O)O)c(F)c1. The lowest BCUT2D eigenvalue weighted by molar-refractivity contribution is -0.139. The fourth-order valence-electron chi connectivity index (χ4n) is 1.27. The van der Waals surface area contributed by atoms with Gasteiger partial charge in [0, 0.05) is 6.54 Å². The van der Waals surface area contributed by atoms with Crippen molar-refractivity contribution in [1.29, 1.82) is 5.26 Å². The summed E-state index contributed by atoms with van der Waals surface area (Å²) in [5.74, 6) is -3.16. The number of benzene rings is 1. The minimum Gasteiger partial charge on any atom is -0.479 e. The van der Waals surface area contributed by atoms with Crippen LogP contribution < -0.4 is 9.46 Å². The molecule has 0 saturated carbocycles. The number of hydrogen-bond donors (Lipinski definition) is 2. The van der Waals surface area contributed by atoms with E-state index in [-0.39, 0.29) is 17.2 Å². The lowest BCUT2D eigenvalue weighted by Gasteiger charge is -2.09. The van der Waals surface area contributed by atoms with Crippen molar-refractivity contribution in [1.82, 2.24) is 4.72 Å². The largest absolute Gasteiger partial charge is 0.479 e. The number of carboxylic acids is 1. The first-order valence-corrected chi connectivity index (χ1v) is 7.28. The van der Waals surface area contributed by atoms with Gasteiger partial charge in [-0.3, -0.25) is 0 Å². The summed E-state index contributed by atoms with van der Waals surface area (Å²) in [6, 6.07) is 4.69. The molecule has 0 bridgehead atoms. The van der Waals surface area contributed by atoms with Gasteiger partial charge < -0.3 is 9.84 Å². The van der Waals surface area contributed by atoms with E-state index < -0.39 is 34.3 Å². The molecule has 1 unspecified atom stereocenters. The van der Waals surface area contributed by atoms with Crippen LogP contribution in [0.4, 0.5) is 4.39 Å². The molecule has 9 heteroatoms. The predicted molar refractivity (Wildman–Crippen MR) is 69.5 cm³/mol. The molecule has 2 N–H and O–H groups in total.